The zero-order valence-electron chi connectivity index (χ0n) is 34.2. The third-order valence-electron chi connectivity index (χ3n) is 9.80. The van der Waals surface area contributed by atoms with Gasteiger partial charge in [-0.05, 0) is 83.2 Å². The Bertz CT molecular complexity index is 719. The van der Waals surface area contributed by atoms with Crippen LogP contribution in [0.25, 0.3) is 0 Å². The van der Waals surface area contributed by atoms with Gasteiger partial charge in [0, 0.05) is 13.0 Å². The molecule has 0 aromatic heterocycles. The Morgan fingerprint density at radius 1 is 0.549 bits per heavy atom. The highest BCUT2D eigenvalue weighted by molar-refractivity contribution is 5.69. The van der Waals surface area contributed by atoms with Crippen LogP contribution in [-0.2, 0) is 24.0 Å². The molecule has 0 fully saturated rings. The number of carbonyl (C=O) groups is 2. The Morgan fingerprint density at radius 3 is 1.59 bits per heavy atom. The molecule has 51 heavy (non-hydrogen) atoms. The molecule has 8 nitrogen and oxygen atoms in total. The minimum absolute atomic E-state index is 0.00436. The number of unbranched alkanes of at least 4 members (excludes halogenated alkanes) is 20. The summed E-state index contributed by atoms with van der Waals surface area (Å²) in [5, 5.41) is 9.51. The molecule has 0 radical (unpaired) electrons. The predicted octanol–water partition coefficient (Wildman–Crippen LogP) is 12.3. The molecular formula is C43H85NO7. The van der Waals surface area contributed by atoms with Crippen LogP contribution in [0.5, 0.6) is 0 Å². The number of nitrogens with zero attached hydrogens (tertiary/aromatic N) is 1. The van der Waals surface area contributed by atoms with E-state index in [0.717, 1.165) is 96.1 Å². The van der Waals surface area contributed by atoms with Crippen LogP contribution in [0.1, 0.15) is 214 Å². The monoisotopic (exact) mass is 728 g/mol. The van der Waals surface area contributed by atoms with E-state index >= 15 is 0 Å². The minimum Gasteiger partial charge on any atom is -0.462 e. The first-order valence-corrected chi connectivity index (χ1v) is 21.9. The normalized spacial score (nSPS) is 11.6. The summed E-state index contributed by atoms with van der Waals surface area (Å²) in [6.07, 6.45) is 32.2. The van der Waals surface area contributed by atoms with Crippen LogP contribution in [0.15, 0.2) is 0 Å². The highest BCUT2D eigenvalue weighted by Crippen LogP contribution is 2.18. The lowest BCUT2D eigenvalue weighted by molar-refractivity contribution is -0.255. The molecule has 0 bridgehead atoms. The molecule has 0 aromatic carbocycles. The second-order valence-corrected chi connectivity index (χ2v) is 15.3. The van der Waals surface area contributed by atoms with Crippen LogP contribution in [0.3, 0.4) is 0 Å². The van der Waals surface area contributed by atoms with E-state index in [1.54, 1.807) is 0 Å². The van der Waals surface area contributed by atoms with E-state index in [1.165, 1.54) is 103 Å². The van der Waals surface area contributed by atoms with Crippen molar-refractivity contribution in [3.8, 4) is 0 Å². The van der Waals surface area contributed by atoms with Gasteiger partial charge in [0.1, 0.15) is 6.10 Å². The van der Waals surface area contributed by atoms with E-state index in [4.69, 9.17) is 19.2 Å². The van der Waals surface area contributed by atoms with Gasteiger partial charge in [-0.25, -0.2) is 4.79 Å². The summed E-state index contributed by atoms with van der Waals surface area (Å²) in [7, 11) is 0. The van der Waals surface area contributed by atoms with Crippen molar-refractivity contribution in [2.24, 2.45) is 5.92 Å². The molecule has 0 heterocycles. The van der Waals surface area contributed by atoms with E-state index in [0.29, 0.717) is 26.2 Å². The summed E-state index contributed by atoms with van der Waals surface area (Å²) in [6.45, 7) is 12.5. The van der Waals surface area contributed by atoms with Gasteiger partial charge < -0.3 is 19.5 Å². The molecule has 304 valence electrons. The lowest BCUT2D eigenvalue weighted by atomic mass is 10.0. The zero-order chi connectivity index (χ0) is 37.5. The van der Waals surface area contributed by atoms with E-state index in [1.807, 2.05) is 0 Å². The molecule has 1 N–H and O–H groups in total. The number of carbonyl (C=O) groups excluding carboxylic acids is 2. The molecule has 0 aromatic rings. The van der Waals surface area contributed by atoms with Crippen molar-refractivity contribution in [2.75, 3.05) is 39.5 Å². The minimum atomic E-state index is -0.762. The molecule has 0 spiro atoms. The highest BCUT2D eigenvalue weighted by atomic mass is 17.2. The van der Waals surface area contributed by atoms with Gasteiger partial charge in [0.15, 0.2) is 0 Å². The average Bonchev–Trinajstić information content (AvgIpc) is 3.11. The largest absolute Gasteiger partial charge is 0.540 e. The second-order valence-electron chi connectivity index (χ2n) is 15.3. The van der Waals surface area contributed by atoms with Gasteiger partial charge in [0.2, 0.25) is 0 Å². The molecule has 0 atom stereocenters. The Morgan fingerprint density at radius 2 is 1.02 bits per heavy atom. The standard InChI is InChI=1S/C43H85NO7/c1-5-7-9-11-16-23-31-41(32-24-17-12-10-8-6-2)50-42(46)33-25-18-13-19-26-34-44(36-37-45)35-27-21-28-38-48-43(47)51-49-39-29-20-14-15-22-30-40(3)4/h40-41,45H,5-39H2,1-4H3. The number of hydrogen-bond donors (Lipinski definition) is 1. The SMILES string of the molecule is CCCCCCCCC(CCCCCCCC)OC(=O)CCCCCCCN(CCO)CCCCCOC(=O)OOCCCCCCCC(C)C. The van der Waals surface area contributed by atoms with Gasteiger partial charge in [0.25, 0.3) is 0 Å². The first kappa shape index (κ1) is 49.6. The molecule has 0 saturated heterocycles. The van der Waals surface area contributed by atoms with Crippen LogP contribution in [0, 0.1) is 5.92 Å². The zero-order valence-corrected chi connectivity index (χ0v) is 34.2. The summed E-state index contributed by atoms with van der Waals surface area (Å²) >= 11 is 0. The summed E-state index contributed by atoms with van der Waals surface area (Å²) in [4.78, 5) is 36.4. The van der Waals surface area contributed by atoms with E-state index in [9.17, 15) is 14.7 Å². The van der Waals surface area contributed by atoms with E-state index in [-0.39, 0.29) is 18.7 Å². The van der Waals surface area contributed by atoms with Crippen molar-refractivity contribution in [3.05, 3.63) is 0 Å². The van der Waals surface area contributed by atoms with Crippen LogP contribution >= 0.6 is 0 Å². The molecular weight excluding hydrogens is 642 g/mol. The van der Waals surface area contributed by atoms with Gasteiger partial charge in [0.05, 0.1) is 19.8 Å². The van der Waals surface area contributed by atoms with Crippen molar-refractivity contribution in [1.29, 1.82) is 0 Å². The molecule has 0 unspecified atom stereocenters. The van der Waals surface area contributed by atoms with Crippen LogP contribution in [0.2, 0.25) is 0 Å². The quantitative estimate of drug-likeness (QED) is 0.0288. The topological polar surface area (TPSA) is 94.5 Å². The van der Waals surface area contributed by atoms with Crippen LogP contribution in [0.4, 0.5) is 4.79 Å². The van der Waals surface area contributed by atoms with Crippen molar-refractivity contribution < 1.29 is 33.9 Å². The molecule has 0 aliphatic rings. The number of aliphatic hydroxyl groups excluding tert-OH is 1. The molecule has 0 aliphatic carbocycles. The van der Waals surface area contributed by atoms with E-state index in [2.05, 4.69) is 32.6 Å². The molecule has 8 heteroatoms. The Kier molecular flexibility index (Phi) is 38.7. The summed E-state index contributed by atoms with van der Waals surface area (Å²) in [6, 6.07) is 0. The summed E-state index contributed by atoms with van der Waals surface area (Å²) < 4.78 is 11.1. The second kappa shape index (κ2) is 39.8. The maximum Gasteiger partial charge on any atom is 0.540 e. The van der Waals surface area contributed by atoms with Gasteiger partial charge in [-0.15, -0.1) is 0 Å². The first-order chi connectivity index (χ1) is 24.9. The molecule has 0 aliphatic heterocycles. The maximum atomic E-state index is 12.7. The smallest absolute Gasteiger partial charge is 0.462 e. The van der Waals surface area contributed by atoms with Crippen molar-refractivity contribution in [2.45, 2.75) is 220 Å². The van der Waals surface area contributed by atoms with Gasteiger partial charge in [-0.2, -0.15) is 4.89 Å². The van der Waals surface area contributed by atoms with Gasteiger partial charge in [-0.3, -0.25) is 9.68 Å². The number of rotatable bonds is 40. The highest BCUT2D eigenvalue weighted by Gasteiger charge is 2.14. The third-order valence-corrected chi connectivity index (χ3v) is 9.80. The maximum absolute atomic E-state index is 12.7. The van der Waals surface area contributed by atoms with Crippen molar-refractivity contribution in [1.82, 2.24) is 4.90 Å². The number of ether oxygens (including phenoxy) is 2. The van der Waals surface area contributed by atoms with Gasteiger partial charge >= 0.3 is 12.1 Å². The number of aliphatic hydroxyl groups is 1. The predicted molar refractivity (Wildman–Crippen MR) is 212 cm³/mol. The first-order valence-electron chi connectivity index (χ1n) is 21.9. The fraction of sp³-hybridized carbons (Fsp3) is 0.953. The van der Waals surface area contributed by atoms with Crippen molar-refractivity contribution >= 4 is 12.1 Å². The lowest BCUT2D eigenvalue weighted by Gasteiger charge is -2.21. The van der Waals surface area contributed by atoms with E-state index < -0.39 is 6.16 Å². The summed E-state index contributed by atoms with van der Waals surface area (Å²) in [5.74, 6) is 0.768. The fourth-order valence-electron chi connectivity index (χ4n) is 6.55. The van der Waals surface area contributed by atoms with Crippen LogP contribution in [-0.4, -0.2) is 67.7 Å². The number of hydrogen-bond acceptors (Lipinski definition) is 8. The molecule has 0 saturated carbocycles. The third kappa shape index (κ3) is 38.2. The Hall–Kier alpha value is -1.38. The summed E-state index contributed by atoms with van der Waals surface area (Å²) in [5.41, 5.74) is 0. The number of esters is 1. The molecule has 0 amide bonds. The fourth-order valence-corrected chi connectivity index (χ4v) is 6.55. The Balaban J connectivity index is 3.94. The lowest BCUT2D eigenvalue weighted by Crippen LogP contribution is -2.29. The molecule has 0 rings (SSSR count). The average molecular weight is 728 g/mol. The van der Waals surface area contributed by atoms with Gasteiger partial charge in [-0.1, -0.05) is 143 Å². The van der Waals surface area contributed by atoms with Crippen LogP contribution < -0.4 is 0 Å². The van der Waals surface area contributed by atoms with Crippen molar-refractivity contribution in [3.63, 3.8) is 0 Å². The Labute approximate surface area is 315 Å².